The van der Waals surface area contributed by atoms with Gasteiger partial charge in [-0.1, -0.05) is 44.9 Å². The van der Waals surface area contributed by atoms with Crippen molar-refractivity contribution in [2.24, 2.45) is 5.92 Å². The van der Waals surface area contributed by atoms with Crippen LogP contribution in [-0.4, -0.2) is 16.2 Å². The third-order valence-electron chi connectivity index (χ3n) is 3.51. The summed E-state index contributed by atoms with van der Waals surface area (Å²) in [5.41, 5.74) is 0.959. The van der Waals surface area contributed by atoms with Gasteiger partial charge in [-0.3, -0.25) is 0 Å². The highest BCUT2D eigenvalue weighted by Crippen LogP contribution is 2.17. The molecule has 0 aliphatic carbocycles. The van der Waals surface area contributed by atoms with Crippen molar-refractivity contribution >= 4 is 0 Å². The van der Waals surface area contributed by atoms with Gasteiger partial charge in [0.05, 0.1) is 6.54 Å². The van der Waals surface area contributed by atoms with Gasteiger partial charge in [-0.25, -0.2) is 0 Å². The first-order valence-electron chi connectivity index (χ1n) is 7.76. The molecular weight excluding hydrogens is 262 g/mol. The Labute approximate surface area is 127 Å². The van der Waals surface area contributed by atoms with E-state index in [2.05, 4.69) is 36.3 Å². The molecule has 0 saturated heterocycles. The van der Waals surface area contributed by atoms with E-state index in [9.17, 15) is 0 Å². The summed E-state index contributed by atoms with van der Waals surface area (Å²) in [7, 11) is 0. The Bertz CT molecular complexity index is 522. The maximum absolute atomic E-state index is 5.68. The summed E-state index contributed by atoms with van der Waals surface area (Å²) >= 11 is 0. The zero-order valence-corrected chi connectivity index (χ0v) is 13.2. The van der Waals surface area contributed by atoms with Gasteiger partial charge < -0.3 is 9.73 Å². The highest BCUT2D eigenvalue weighted by Gasteiger charge is 2.09. The smallest absolute Gasteiger partial charge is 0.247 e. The molecule has 114 valence electrons. The molecule has 2 rings (SSSR count). The van der Waals surface area contributed by atoms with Crippen molar-refractivity contribution in [3.8, 4) is 11.5 Å². The molecule has 0 aliphatic rings. The van der Waals surface area contributed by atoms with E-state index in [1.165, 1.54) is 19.3 Å². The maximum Gasteiger partial charge on any atom is 0.247 e. The van der Waals surface area contributed by atoms with Crippen LogP contribution < -0.4 is 5.32 Å². The molecule has 1 atom stereocenters. The molecule has 0 saturated carbocycles. The van der Waals surface area contributed by atoms with Gasteiger partial charge in [-0.05, 0) is 31.4 Å². The van der Waals surface area contributed by atoms with Gasteiger partial charge in [0.25, 0.3) is 0 Å². The summed E-state index contributed by atoms with van der Waals surface area (Å²) in [6.07, 6.45) is 3.72. The Hall–Kier alpha value is -1.68. The summed E-state index contributed by atoms with van der Waals surface area (Å²) < 4.78 is 5.68. The van der Waals surface area contributed by atoms with Gasteiger partial charge in [-0.2, -0.15) is 0 Å². The van der Waals surface area contributed by atoms with Crippen LogP contribution in [0.4, 0.5) is 0 Å². The Morgan fingerprint density at radius 2 is 1.81 bits per heavy atom. The van der Waals surface area contributed by atoms with Crippen LogP contribution in [0.3, 0.4) is 0 Å². The normalized spacial score (nSPS) is 12.8. The average Bonchev–Trinajstić information content (AvgIpc) is 2.94. The average molecular weight is 287 g/mol. The fraction of sp³-hybridized carbons (Fsp3) is 0.529. The van der Waals surface area contributed by atoms with Crippen molar-refractivity contribution in [3.05, 3.63) is 36.2 Å². The summed E-state index contributed by atoms with van der Waals surface area (Å²) in [5, 5.41) is 11.6. The van der Waals surface area contributed by atoms with Crippen molar-refractivity contribution in [3.63, 3.8) is 0 Å². The second-order valence-corrected chi connectivity index (χ2v) is 5.97. The molecule has 1 heterocycles. The van der Waals surface area contributed by atoms with Crippen LogP contribution in [0.1, 0.15) is 45.9 Å². The van der Waals surface area contributed by atoms with E-state index in [0.717, 1.165) is 11.5 Å². The summed E-state index contributed by atoms with van der Waals surface area (Å²) in [6, 6.07) is 10.3. The molecule has 0 bridgehead atoms. The van der Waals surface area contributed by atoms with Crippen LogP contribution in [0.5, 0.6) is 0 Å². The second kappa shape index (κ2) is 7.93. The topological polar surface area (TPSA) is 51.0 Å². The lowest BCUT2D eigenvalue weighted by Gasteiger charge is -2.12. The van der Waals surface area contributed by atoms with Crippen LogP contribution >= 0.6 is 0 Å². The Kier molecular flexibility index (Phi) is 5.93. The van der Waals surface area contributed by atoms with Crippen molar-refractivity contribution < 1.29 is 4.42 Å². The minimum absolute atomic E-state index is 0.468. The quantitative estimate of drug-likeness (QED) is 0.796. The molecule has 4 nitrogen and oxygen atoms in total. The van der Waals surface area contributed by atoms with Gasteiger partial charge in [-0.15, -0.1) is 10.2 Å². The molecule has 0 fully saturated rings. The highest BCUT2D eigenvalue weighted by atomic mass is 16.4. The minimum atomic E-state index is 0.468. The summed E-state index contributed by atoms with van der Waals surface area (Å²) in [6.45, 7) is 7.36. The van der Waals surface area contributed by atoms with Crippen LogP contribution in [0.25, 0.3) is 11.5 Å². The molecule has 1 aromatic carbocycles. The molecule has 1 unspecified atom stereocenters. The first-order valence-corrected chi connectivity index (χ1v) is 7.76. The molecule has 21 heavy (non-hydrogen) atoms. The van der Waals surface area contributed by atoms with Crippen molar-refractivity contribution in [2.45, 2.75) is 52.6 Å². The molecule has 1 N–H and O–H groups in total. The van der Waals surface area contributed by atoms with Crippen LogP contribution in [-0.2, 0) is 6.54 Å². The number of aromatic nitrogens is 2. The molecule has 0 amide bonds. The number of nitrogens with one attached hydrogen (secondary N) is 1. The summed E-state index contributed by atoms with van der Waals surface area (Å²) in [5.74, 6) is 2.01. The molecule has 4 heteroatoms. The Balaban J connectivity index is 1.78. The zero-order valence-electron chi connectivity index (χ0n) is 13.2. The Morgan fingerprint density at radius 1 is 1.05 bits per heavy atom. The molecular formula is C17H25N3O. The third kappa shape index (κ3) is 5.31. The first kappa shape index (κ1) is 15.7. The molecule has 0 spiro atoms. The lowest BCUT2D eigenvalue weighted by atomic mass is 10.0. The molecule has 2 aromatic rings. The fourth-order valence-electron chi connectivity index (χ4n) is 2.22. The Morgan fingerprint density at radius 3 is 2.52 bits per heavy atom. The van der Waals surface area contributed by atoms with E-state index in [1.807, 2.05) is 30.3 Å². The number of hydrogen-bond acceptors (Lipinski definition) is 4. The predicted octanol–water partition coefficient (Wildman–Crippen LogP) is 4.04. The standard InChI is InChI=1S/C17H25N3O/c1-13(2)8-7-9-14(3)18-12-16-19-20-17(21-16)15-10-5-4-6-11-15/h4-6,10-11,13-14,18H,7-9,12H2,1-3H3. The fourth-order valence-corrected chi connectivity index (χ4v) is 2.22. The maximum atomic E-state index is 5.68. The van der Waals surface area contributed by atoms with Crippen molar-refractivity contribution in [1.82, 2.24) is 15.5 Å². The van der Waals surface area contributed by atoms with E-state index < -0.39 is 0 Å². The second-order valence-electron chi connectivity index (χ2n) is 5.97. The van der Waals surface area contributed by atoms with Gasteiger partial charge in [0.1, 0.15) is 0 Å². The monoisotopic (exact) mass is 287 g/mol. The number of rotatable bonds is 8. The summed E-state index contributed by atoms with van der Waals surface area (Å²) in [4.78, 5) is 0. The van der Waals surface area contributed by atoms with Crippen molar-refractivity contribution in [2.75, 3.05) is 0 Å². The predicted molar refractivity (Wildman–Crippen MR) is 84.7 cm³/mol. The number of benzene rings is 1. The zero-order chi connectivity index (χ0) is 15.1. The largest absolute Gasteiger partial charge is 0.419 e. The molecule has 0 aliphatic heterocycles. The van der Waals surface area contributed by atoms with E-state index in [-0.39, 0.29) is 0 Å². The van der Waals surface area contributed by atoms with Crippen LogP contribution in [0.15, 0.2) is 34.7 Å². The van der Waals surface area contributed by atoms with Gasteiger partial charge >= 0.3 is 0 Å². The lowest BCUT2D eigenvalue weighted by Crippen LogP contribution is -2.25. The van der Waals surface area contributed by atoms with Gasteiger partial charge in [0.2, 0.25) is 11.8 Å². The SMILES string of the molecule is CC(C)CCCC(C)NCc1nnc(-c2ccccc2)o1. The highest BCUT2D eigenvalue weighted by molar-refractivity contribution is 5.51. The first-order chi connectivity index (χ1) is 10.1. The van der Waals surface area contributed by atoms with E-state index in [0.29, 0.717) is 24.4 Å². The minimum Gasteiger partial charge on any atom is -0.419 e. The van der Waals surface area contributed by atoms with E-state index in [4.69, 9.17) is 4.42 Å². The number of hydrogen-bond donors (Lipinski definition) is 1. The van der Waals surface area contributed by atoms with Crippen molar-refractivity contribution in [1.29, 1.82) is 0 Å². The lowest BCUT2D eigenvalue weighted by molar-refractivity contribution is 0.419. The van der Waals surface area contributed by atoms with E-state index >= 15 is 0 Å². The molecule has 0 radical (unpaired) electrons. The van der Waals surface area contributed by atoms with Crippen LogP contribution in [0, 0.1) is 5.92 Å². The van der Waals surface area contributed by atoms with E-state index in [1.54, 1.807) is 0 Å². The third-order valence-corrected chi connectivity index (χ3v) is 3.51. The van der Waals surface area contributed by atoms with Gasteiger partial charge in [0, 0.05) is 11.6 Å². The molecule has 1 aromatic heterocycles. The van der Waals surface area contributed by atoms with Gasteiger partial charge in [0.15, 0.2) is 0 Å². The number of nitrogens with zero attached hydrogens (tertiary/aromatic N) is 2. The van der Waals surface area contributed by atoms with Crippen LogP contribution in [0.2, 0.25) is 0 Å².